The second-order valence-electron chi connectivity index (χ2n) is 6.96. The summed E-state index contributed by atoms with van der Waals surface area (Å²) in [5, 5.41) is 3.25. The van der Waals surface area contributed by atoms with Crippen LogP contribution in [0.5, 0.6) is 11.5 Å². The summed E-state index contributed by atoms with van der Waals surface area (Å²) in [5.74, 6) is 0.396. The van der Waals surface area contributed by atoms with E-state index in [9.17, 15) is 13.2 Å². The minimum atomic E-state index is -3.88. The molecule has 0 saturated heterocycles. The molecule has 0 saturated carbocycles. The zero-order chi connectivity index (χ0) is 24.0. The van der Waals surface area contributed by atoms with Crippen molar-refractivity contribution in [2.45, 2.75) is 18.7 Å². The predicted molar refractivity (Wildman–Crippen MR) is 130 cm³/mol. The molecule has 0 unspecified atom stereocenters. The smallest absolute Gasteiger partial charge is 0.262 e. The van der Waals surface area contributed by atoms with Gasteiger partial charge in [-0.25, -0.2) is 8.42 Å². The normalized spacial score (nSPS) is 11.0. The van der Waals surface area contributed by atoms with Crippen molar-refractivity contribution in [2.75, 3.05) is 23.3 Å². The van der Waals surface area contributed by atoms with Crippen molar-refractivity contribution >= 4 is 50.5 Å². The van der Waals surface area contributed by atoms with Crippen LogP contribution >= 0.6 is 23.2 Å². The highest BCUT2D eigenvalue weighted by Gasteiger charge is 2.17. The second-order valence-corrected chi connectivity index (χ2v) is 9.45. The molecule has 1 amide bonds. The number of benzene rings is 3. The highest BCUT2D eigenvalue weighted by atomic mass is 35.5. The summed E-state index contributed by atoms with van der Waals surface area (Å²) in [6.45, 7) is 3.92. The van der Waals surface area contributed by atoms with Crippen LogP contribution in [0.4, 0.5) is 11.4 Å². The van der Waals surface area contributed by atoms with E-state index in [1.807, 2.05) is 13.8 Å². The molecule has 0 aliphatic rings. The summed E-state index contributed by atoms with van der Waals surface area (Å²) in [6, 6.07) is 15.7. The van der Waals surface area contributed by atoms with Crippen molar-refractivity contribution in [3.05, 3.63) is 76.3 Å². The molecule has 0 heterocycles. The molecule has 0 bridgehead atoms. The van der Waals surface area contributed by atoms with Gasteiger partial charge in [0.15, 0.2) is 6.61 Å². The molecule has 10 heteroatoms. The van der Waals surface area contributed by atoms with Crippen LogP contribution in [0.3, 0.4) is 0 Å². The minimum Gasteiger partial charge on any atom is -0.494 e. The summed E-state index contributed by atoms with van der Waals surface area (Å²) in [7, 11) is -3.88. The number of anilines is 2. The van der Waals surface area contributed by atoms with E-state index in [1.165, 1.54) is 18.2 Å². The number of hydrogen-bond acceptors (Lipinski definition) is 5. The van der Waals surface area contributed by atoms with Crippen LogP contribution in [0, 0.1) is 6.92 Å². The number of ether oxygens (including phenoxy) is 2. The van der Waals surface area contributed by atoms with Gasteiger partial charge in [-0.3, -0.25) is 9.52 Å². The zero-order valence-corrected chi connectivity index (χ0v) is 20.2. The first kappa shape index (κ1) is 24.7. The van der Waals surface area contributed by atoms with E-state index < -0.39 is 15.9 Å². The number of sulfonamides is 1. The van der Waals surface area contributed by atoms with Crippen molar-refractivity contribution in [2.24, 2.45) is 0 Å². The molecule has 33 heavy (non-hydrogen) atoms. The second kappa shape index (κ2) is 10.8. The van der Waals surface area contributed by atoms with Crippen LogP contribution in [-0.2, 0) is 14.8 Å². The monoisotopic (exact) mass is 508 g/mol. The van der Waals surface area contributed by atoms with Gasteiger partial charge in [0.1, 0.15) is 11.5 Å². The fourth-order valence-electron chi connectivity index (χ4n) is 2.78. The predicted octanol–water partition coefficient (Wildman–Crippen LogP) is 5.52. The molecular formula is C23H22Cl2N2O5S. The van der Waals surface area contributed by atoms with E-state index in [1.54, 1.807) is 42.5 Å². The van der Waals surface area contributed by atoms with Crippen LogP contribution in [0.2, 0.25) is 10.0 Å². The largest absolute Gasteiger partial charge is 0.494 e. The summed E-state index contributed by atoms with van der Waals surface area (Å²) in [6.07, 6.45) is 0. The Morgan fingerprint density at radius 3 is 2.24 bits per heavy atom. The van der Waals surface area contributed by atoms with Gasteiger partial charge in [0.25, 0.3) is 15.9 Å². The van der Waals surface area contributed by atoms with Crippen LogP contribution in [-0.4, -0.2) is 27.5 Å². The van der Waals surface area contributed by atoms with Gasteiger partial charge in [0, 0.05) is 16.4 Å². The highest BCUT2D eigenvalue weighted by Crippen LogP contribution is 2.29. The topological polar surface area (TPSA) is 93.7 Å². The fourth-order valence-corrected chi connectivity index (χ4v) is 4.34. The first-order valence-electron chi connectivity index (χ1n) is 9.92. The van der Waals surface area contributed by atoms with E-state index in [0.29, 0.717) is 28.8 Å². The summed E-state index contributed by atoms with van der Waals surface area (Å²) >= 11 is 12.2. The van der Waals surface area contributed by atoms with Gasteiger partial charge >= 0.3 is 0 Å². The number of hydrogen-bond donors (Lipinski definition) is 2. The SMILES string of the molecule is CCOc1ccc(NS(=O)(=O)c2ccc(OCC(=O)Nc3ccc(C)c(Cl)c3)c(Cl)c2)cc1. The average Bonchev–Trinajstić information content (AvgIpc) is 2.77. The molecule has 0 aliphatic carbocycles. The van der Waals surface area contributed by atoms with Crippen molar-refractivity contribution in [3.63, 3.8) is 0 Å². The van der Waals surface area contributed by atoms with Gasteiger partial charge in [0.05, 0.1) is 16.5 Å². The quantitative estimate of drug-likeness (QED) is 0.396. The third-order valence-corrected chi connectivity index (χ3v) is 6.53. The van der Waals surface area contributed by atoms with Crippen LogP contribution in [0.25, 0.3) is 0 Å². The van der Waals surface area contributed by atoms with E-state index in [0.717, 1.165) is 5.56 Å². The lowest BCUT2D eigenvalue weighted by molar-refractivity contribution is -0.118. The maximum atomic E-state index is 12.7. The number of rotatable bonds is 9. The van der Waals surface area contributed by atoms with Crippen LogP contribution < -0.4 is 19.5 Å². The number of aryl methyl sites for hydroxylation is 1. The molecule has 0 radical (unpaired) electrons. The molecule has 3 aromatic carbocycles. The van der Waals surface area contributed by atoms with Crippen molar-refractivity contribution in [3.8, 4) is 11.5 Å². The minimum absolute atomic E-state index is 0.0486. The van der Waals surface area contributed by atoms with Crippen molar-refractivity contribution < 1.29 is 22.7 Å². The third-order valence-electron chi connectivity index (χ3n) is 4.45. The molecule has 3 aromatic rings. The number of amides is 1. The average molecular weight is 509 g/mol. The van der Waals surface area contributed by atoms with Gasteiger partial charge in [-0.1, -0.05) is 29.3 Å². The molecular weight excluding hydrogens is 487 g/mol. The molecule has 0 spiro atoms. The third kappa shape index (κ3) is 6.77. The van der Waals surface area contributed by atoms with Crippen LogP contribution in [0.1, 0.15) is 12.5 Å². The Hall–Kier alpha value is -2.94. The zero-order valence-electron chi connectivity index (χ0n) is 17.9. The van der Waals surface area contributed by atoms with Gasteiger partial charge in [-0.15, -0.1) is 0 Å². The van der Waals surface area contributed by atoms with Gasteiger partial charge in [0.2, 0.25) is 0 Å². The first-order chi connectivity index (χ1) is 15.7. The molecule has 3 rings (SSSR count). The lowest BCUT2D eigenvalue weighted by Gasteiger charge is -2.12. The Balaban J connectivity index is 1.62. The molecule has 2 N–H and O–H groups in total. The Morgan fingerprint density at radius 2 is 1.61 bits per heavy atom. The molecule has 0 atom stereocenters. The Labute approximate surface area is 202 Å². The standard InChI is InChI=1S/C23H22Cl2N2O5S/c1-3-31-18-8-6-16(7-9-18)27-33(29,30)19-10-11-22(21(25)13-19)32-14-23(28)26-17-5-4-15(2)20(24)12-17/h4-13,27H,3,14H2,1-2H3,(H,26,28). The highest BCUT2D eigenvalue weighted by molar-refractivity contribution is 7.92. The Bertz CT molecular complexity index is 1250. The summed E-state index contributed by atoms with van der Waals surface area (Å²) < 4.78 is 38.6. The van der Waals surface area contributed by atoms with E-state index in [4.69, 9.17) is 32.7 Å². The Morgan fingerprint density at radius 1 is 0.909 bits per heavy atom. The van der Waals surface area contributed by atoms with Crippen molar-refractivity contribution in [1.29, 1.82) is 0 Å². The summed E-state index contributed by atoms with van der Waals surface area (Å²) in [4.78, 5) is 12.1. The number of halogens is 2. The van der Waals surface area contributed by atoms with Crippen LogP contribution in [0.15, 0.2) is 65.6 Å². The summed E-state index contributed by atoms with van der Waals surface area (Å²) in [5.41, 5.74) is 1.81. The number of nitrogens with one attached hydrogen (secondary N) is 2. The number of carbonyl (C=O) groups excluding carboxylic acids is 1. The molecule has 0 fully saturated rings. The fraction of sp³-hybridized carbons (Fsp3) is 0.174. The Kier molecular flexibility index (Phi) is 8.07. The lowest BCUT2D eigenvalue weighted by atomic mass is 10.2. The van der Waals surface area contributed by atoms with Gasteiger partial charge in [-0.2, -0.15) is 0 Å². The molecule has 0 aliphatic heterocycles. The molecule has 7 nitrogen and oxygen atoms in total. The lowest BCUT2D eigenvalue weighted by Crippen LogP contribution is -2.20. The van der Waals surface area contributed by atoms with E-state index >= 15 is 0 Å². The van der Waals surface area contributed by atoms with Crippen molar-refractivity contribution in [1.82, 2.24) is 0 Å². The van der Waals surface area contributed by atoms with E-state index in [-0.39, 0.29) is 22.3 Å². The molecule has 174 valence electrons. The maximum absolute atomic E-state index is 12.7. The maximum Gasteiger partial charge on any atom is 0.262 e. The molecule has 0 aromatic heterocycles. The number of carbonyl (C=O) groups is 1. The van der Waals surface area contributed by atoms with Gasteiger partial charge < -0.3 is 14.8 Å². The van der Waals surface area contributed by atoms with E-state index in [2.05, 4.69) is 10.0 Å². The van der Waals surface area contributed by atoms with Gasteiger partial charge in [-0.05, 0) is 74.0 Å². The first-order valence-corrected chi connectivity index (χ1v) is 12.2.